The fourth-order valence-electron chi connectivity index (χ4n) is 2.39. The zero-order valence-electron chi connectivity index (χ0n) is 16.3. The van der Waals surface area contributed by atoms with Crippen LogP contribution in [0.4, 0.5) is 0 Å². The van der Waals surface area contributed by atoms with Gasteiger partial charge in [0.25, 0.3) is 0 Å². The molecule has 0 bridgehead atoms. The standard InChI is InChI=1S/C20H38O4/c1-5-7-9-11-19(21)23-15-17(3)13-14-18(4)16-24-20(22)12-10-8-6-2/h17-18H,5-16H2,1-4H3. The molecule has 2 unspecified atom stereocenters. The normalized spacial score (nSPS) is 13.3. The van der Waals surface area contributed by atoms with Crippen LogP contribution in [-0.4, -0.2) is 25.2 Å². The van der Waals surface area contributed by atoms with Crippen molar-refractivity contribution < 1.29 is 19.1 Å². The van der Waals surface area contributed by atoms with Crippen molar-refractivity contribution >= 4 is 11.9 Å². The van der Waals surface area contributed by atoms with Gasteiger partial charge < -0.3 is 9.47 Å². The first-order valence-electron chi connectivity index (χ1n) is 9.80. The van der Waals surface area contributed by atoms with Crippen molar-refractivity contribution in [3.63, 3.8) is 0 Å². The predicted octanol–water partition coefficient (Wildman–Crippen LogP) is 5.29. The number of hydrogen-bond donors (Lipinski definition) is 0. The molecular formula is C20H38O4. The van der Waals surface area contributed by atoms with Crippen LogP contribution >= 0.6 is 0 Å². The number of carbonyl (C=O) groups excluding carboxylic acids is 2. The Morgan fingerprint density at radius 2 is 1.08 bits per heavy atom. The van der Waals surface area contributed by atoms with E-state index in [1.807, 2.05) is 0 Å². The summed E-state index contributed by atoms with van der Waals surface area (Å²) in [5.74, 6) is 0.541. The molecule has 0 aliphatic carbocycles. The van der Waals surface area contributed by atoms with Crippen LogP contribution < -0.4 is 0 Å². The summed E-state index contributed by atoms with van der Waals surface area (Å²) in [6, 6.07) is 0. The maximum atomic E-state index is 11.6. The van der Waals surface area contributed by atoms with Crippen molar-refractivity contribution in [2.75, 3.05) is 13.2 Å². The number of unbranched alkanes of at least 4 members (excludes halogenated alkanes) is 4. The van der Waals surface area contributed by atoms with E-state index in [1.54, 1.807) is 0 Å². The SMILES string of the molecule is CCCCCC(=O)OCC(C)CCC(C)COC(=O)CCCCC. The smallest absolute Gasteiger partial charge is 0.305 e. The Morgan fingerprint density at radius 1 is 0.708 bits per heavy atom. The molecule has 0 aromatic carbocycles. The highest BCUT2D eigenvalue weighted by molar-refractivity contribution is 5.69. The Bertz CT molecular complexity index is 296. The topological polar surface area (TPSA) is 52.6 Å². The lowest BCUT2D eigenvalue weighted by molar-refractivity contribution is -0.146. The summed E-state index contributed by atoms with van der Waals surface area (Å²) < 4.78 is 10.6. The highest BCUT2D eigenvalue weighted by Gasteiger charge is 2.11. The number of esters is 2. The molecule has 0 aliphatic rings. The summed E-state index contributed by atoms with van der Waals surface area (Å²) in [6.07, 6.45) is 9.27. The maximum absolute atomic E-state index is 11.6. The van der Waals surface area contributed by atoms with E-state index in [9.17, 15) is 9.59 Å². The van der Waals surface area contributed by atoms with Crippen LogP contribution in [0, 0.1) is 11.8 Å². The molecule has 0 N–H and O–H groups in total. The average molecular weight is 343 g/mol. The second-order valence-corrected chi connectivity index (χ2v) is 7.07. The van der Waals surface area contributed by atoms with Crippen LogP contribution in [0.5, 0.6) is 0 Å². The Kier molecular flexibility index (Phi) is 14.8. The molecule has 0 saturated carbocycles. The molecule has 0 aliphatic heterocycles. The van der Waals surface area contributed by atoms with E-state index in [-0.39, 0.29) is 11.9 Å². The van der Waals surface area contributed by atoms with E-state index in [1.165, 1.54) is 0 Å². The van der Waals surface area contributed by atoms with Crippen molar-refractivity contribution in [3.05, 3.63) is 0 Å². The monoisotopic (exact) mass is 342 g/mol. The molecule has 0 spiro atoms. The van der Waals surface area contributed by atoms with Crippen LogP contribution in [0.25, 0.3) is 0 Å². The van der Waals surface area contributed by atoms with Gasteiger partial charge >= 0.3 is 11.9 Å². The Morgan fingerprint density at radius 3 is 1.42 bits per heavy atom. The van der Waals surface area contributed by atoms with Gasteiger partial charge in [0.05, 0.1) is 13.2 Å². The van der Waals surface area contributed by atoms with Gasteiger partial charge in [-0.25, -0.2) is 0 Å². The van der Waals surface area contributed by atoms with E-state index >= 15 is 0 Å². The minimum absolute atomic E-state index is 0.0793. The summed E-state index contributed by atoms with van der Waals surface area (Å²) in [6.45, 7) is 9.43. The summed E-state index contributed by atoms with van der Waals surface area (Å²) in [5.41, 5.74) is 0. The molecule has 2 atom stereocenters. The molecule has 0 radical (unpaired) electrons. The van der Waals surface area contributed by atoms with Gasteiger partial charge in [-0.15, -0.1) is 0 Å². The van der Waals surface area contributed by atoms with Gasteiger partial charge in [-0.1, -0.05) is 53.4 Å². The summed E-state index contributed by atoms with van der Waals surface area (Å²) >= 11 is 0. The van der Waals surface area contributed by atoms with E-state index in [2.05, 4.69) is 27.7 Å². The zero-order valence-corrected chi connectivity index (χ0v) is 16.3. The Hall–Kier alpha value is -1.06. The molecular weight excluding hydrogens is 304 g/mol. The number of hydrogen-bond acceptors (Lipinski definition) is 4. The van der Waals surface area contributed by atoms with Crippen LogP contribution in [0.15, 0.2) is 0 Å². The molecule has 0 aromatic heterocycles. The van der Waals surface area contributed by atoms with Crippen molar-refractivity contribution in [1.82, 2.24) is 0 Å². The fraction of sp³-hybridized carbons (Fsp3) is 0.900. The molecule has 4 heteroatoms. The molecule has 0 fully saturated rings. The predicted molar refractivity (Wildman–Crippen MR) is 97.8 cm³/mol. The van der Waals surface area contributed by atoms with Crippen LogP contribution in [0.2, 0.25) is 0 Å². The molecule has 24 heavy (non-hydrogen) atoms. The van der Waals surface area contributed by atoms with Crippen LogP contribution in [0.1, 0.15) is 91.9 Å². The summed E-state index contributed by atoms with van der Waals surface area (Å²) in [7, 11) is 0. The van der Waals surface area contributed by atoms with E-state index < -0.39 is 0 Å². The lowest BCUT2D eigenvalue weighted by Gasteiger charge is -2.16. The van der Waals surface area contributed by atoms with Gasteiger partial charge in [0.15, 0.2) is 0 Å². The molecule has 0 rings (SSSR count). The van der Waals surface area contributed by atoms with Crippen molar-refractivity contribution in [1.29, 1.82) is 0 Å². The van der Waals surface area contributed by atoms with Gasteiger partial charge in [-0.3, -0.25) is 9.59 Å². The van der Waals surface area contributed by atoms with E-state index in [4.69, 9.17) is 9.47 Å². The van der Waals surface area contributed by atoms with Gasteiger partial charge in [-0.05, 0) is 37.5 Å². The van der Waals surface area contributed by atoms with Gasteiger partial charge in [0, 0.05) is 12.8 Å². The molecule has 4 nitrogen and oxygen atoms in total. The van der Waals surface area contributed by atoms with Crippen molar-refractivity contribution in [2.24, 2.45) is 11.8 Å². The Labute approximate surface area is 148 Å². The minimum Gasteiger partial charge on any atom is -0.465 e. The van der Waals surface area contributed by atoms with E-state index in [0.29, 0.717) is 37.9 Å². The second kappa shape index (κ2) is 15.5. The third-order valence-electron chi connectivity index (χ3n) is 4.18. The second-order valence-electron chi connectivity index (χ2n) is 7.07. The van der Waals surface area contributed by atoms with Gasteiger partial charge in [-0.2, -0.15) is 0 Å². The molecule has 0 heterocycles. The quantitative estimate of drug-likeness (QED) is 0.300. The molecule has 0 aromatic rings. The maximum Gasteiger partial charge on any atom is 0.305 e. The first-order valence-corrected chi connectivity index (χ1v) is 9.80. The molecule has 0 amide bonds. The third kappa shape index (κ3) is 14.5. The third-order valence-corrected chi connectivity index (χ3v) is 4.18. The first kappa shape index (κ1) is 22.9. The Balaban J connectivity index is 3.65. The highest BCUT2D eigenvalue weighted by atomic mass is 16.5. The van der Waals surface area contributed by atoms with Crippen LogP contribution in [0.3, 0.4) is 0 Å². The lowest BCUT2D eigenvalue weighted by atomic mass is 9.99. The van der Waals surface area contributed by atoms with Gasteiger partial charge in [0.1, 0.15) is 0 Å². The lowest BCUT2D eigenvalue weighted by Crippen LogP contribution is -2.15. The highest BCUT2D eigenvalue weighted by Crippen LogP contribution is 2.14. The molecule has 0 saturated heterocycles. The fourth-order valence-corrected chi connectivity index (χ4v) is 2.39. The minimum atomic E-state index is -0.0793. The van der Waals surface area contributed by atoms with E-state index in [0.717, 1.165) is 51.4 Å². The summed E-state index contributed by atoms with van der Waals surface area (Å²) in [4.78, 5) is 23.1. The number of rotatable bonds is 15. The molecule has 142 valence electrons. The summed E-state index contributed by atoms with van der Waals surface area (Å²) in [5, 5.41) is 0. The number of ether oxygens (including phenoxy) is 2. The average Bonchev–Trinajstić information content (AvgIpc) is 2.56. The number of carbonyl (C=O) groups is 2. The van der Waals surface area contributed by atoms with Crippen molar-refractivity contribution in [2.45, 2.75) is 91.9 Å². The van der Waals surface area contributed by atoms with Crippen LogP contribution in [-0.2, 0) is 19.1 Å². The van der Waals surface area contributed by atoms with Crippen molar-refractivity contribution in [3.8, 4) is 0 Å². The zero-order chi connectivity index (χ0) is 18.2. The first-order chi connectivity index (χ1) is 11.5. The largest absolute Gasteiger partial charge is 0.465 e. The van der Waals surface area contributed by atoms with Gasteiger partial charge in [0.2, 0.25) is 0 Å².